The van der Waals surface area contributed by atoms with E-state index in [0.717, 1.165) is 44.9 Å². The van der Waals surface area contributed by atoms with Crippen molar-refractivity contribution in [1.82, 2.24) is 6.15 Å². The van der Waals surface area contributed by atoms with Gasteiger partial charge in [0.15, 0.2) is 0 Å². The second-order valence-electron chi connectivity index (χ2n) is 7.21. The van der Waals surface area contributed by atoms with Crippen molar-refractivity contribution >= 4 is 11.6 Å². The minimum Gasteiger partial charge on any atom is -0.344 e. The summed E-state index contributed by atoms with van der Waals surface area (Å²) in [6.45, 7) is 7.92. The molecule has 0 aromatic carbocycles. The Labute approximate surface area is 136 Å². The molecule has 3 heteroatoms. The molecule has 0 amide bonds. The van der Waals surface area contributed by atoms with Crippen LogP contribution in [-0.4, -0.2) is 11.6 Å². The quantitative estimate of drug-likeness (QED) is 0.692. The molecule has 2 unspecified atom stereocenters. The summed E-state index contributed by atoms with van der Waals surface area (Å²) in [5, 5.41) is 0. The Morgan fingerprint density at radius 1 is 1.09 bits per heavy atom. The van der Waals surface area contributed by atoms with Gasteiger partial charge in [0.25, 0.3) is 0 Å². The predicted molar refractivity (Wildman–Crippen MR) is 93.3 cm³/mol. The van der Waals surface area contributed by atoms with Crippen molar-refractivity contribution in [1.29, 1.82) is 0 Å². The van der Waals surface area contributed by atoms with Crippen molar-refractivity contribution in [3.63, 3.8) is 0 Å². The van der Waals surface area contributed by atoms with Crippen LogP contribution in [0.3, 0.4) is 0 Å². The first-order valence-electron chi connectivity index (χ1n) is 8.53. The van der Waals surface area contributed by atoms with Crippen molar-refractivity contribution in [3.05, 3.63) is 12.2 Å². The molecule has 0 saturated heterocycles. The Bertz CT molecular complexity index is 402. The summed E-state index contributed by atoms with van der Waals surface area (Å²) >= 11 is 0. The van der Waals surface area contributed by atoms with Crippen LogP contribution in [0, 0.1) is 10.8 Å². The smallest absolute Gasteiger partial charge is 0.138 e. The van der Waals surface area contributed by atoms with Crippen LogP contribution in [0.1, 0.15) is 85.5 Å². The molecule has 0 heterocycles. The molecular weight excluding hydrogens is 274 g/mol. The number of ketones is 2. The van der Waals surface area contributed by atoms with Crippen molar-refractivity contribution in [2.24, 2.45) is 10.8 Å². The van der Waals surface area contributed by atoms with Crippen LogP contribution in [-0.2, 0) is 9.59 Å². The molecular formula is C19H35NO2. The highest BCUT2D eigenvalue weighted by molar-refractivity contribution is 5.86. The minimum atomic E-state index is -0.327. The fraction of sp³-hybridized carbons (Fsp3) is 0.789. The van der Waals surface area contributed by atoms with Gasteiger partial charge in [0, 0.05) is 17.3 Å². The van der Waals surface area contributed by atoms with Gasteiger partial charge in [-0.1, -0.05) is 32.9 Å². The Morgan fingerprint density at radius 2 is 1.64 bits per heavy atom. The van der Waals surface area contributed by atoms with Crippen LogP contribution in [0.2, 0.25) is 0 Å². The standard InChI is InChI=1S/C19H32O2.H3N/c1-5-18(3)13-10-8-6-7-9-11-14-19(4,16(2)20)15-12-17(18)21;/h6-7H,5,8-15H2,1-4H3;1H3/b7-6-;. The van der Waals surface area contributed by atoms with Crippen molar-refractivity contribution < 1.29 is 9.59 Å². The average molecular weight is 309 g/mol. The van der Waals surface area contributed by atoms with E-state index >= 15 is 0 Å². The molecule has 3 nitrogen and oxygen atoms in total. The maximum atomic E-state index is 12.7. The molecule has 0 fully saturated rings. The lowest BCUT2D eigenvalue weighted by Crippen LogP contribution is -2.31. The van der Waals surface area contributed by atoms with E-state index in [1.807, 2.05) is 6.92 Å². The van der Waals surface area contributed by atoms with Gasteiger partial charge in [0.05, 0.1) is 0 Å². The van der Waals surface area contributed by atoms with Crippen molar-refractivity contribution in [2.45, 2.75) is 85.5 Å². The lowest BCUT2D eigenvalue weighted by atomic mass is 9.72. The molecule has 1 rings (SSSR count). The number of Topliss-reactive ketones (excluding diaryl/α,β-unsaturated/α-hetero) is 2. The SMILES string of the molecule is CCC1(C)CCC/C=C\CCCC(C)(C(C)=O)CCC1=O.N. The highest BCUT2D eigenvalue weighted by Gasteiger charge is 2.34. The van der Waals surface area contributed by atoms with Gasteiger partial charge in [-0.2, -0.15) is 0 Å². The van der Waals surface area contributed by atoms with Crippen LogP contribution in [0.5, 0.6) is 0 Å². The third kappa shape index (κ3) is 5.68. The largest absolute Gasteiger partial charge is 0.344 e. The van der Waals surface area contributed by atoms with E-state index in [-0.39, 0.29) is 22.8 Å². The summed E-state index contributed by atoms with van der Waals surface area (Å²) in [6.07, 6.45) is 12.7. The van der Waals surface area contributed by atoms with E-state index in [0.29, 0.717) is 18.6 Å². The molecule has 0 aromatic rings. The van der Waals surface area contributed by atoms with Crippen molar-refractivity contribution in [2.75, 3.05) is 0 Å². The Kier molecular flexibility index (Phi) is 8.84. The molecule has 1 aliphatic rings. The topological polar surface area (TPSA) is 69.1 Å². The first kappa shape index (κ1) is 21.0. The second-order valence-corrected chi connectivity index (χ2v) is 7.21. The Hall–Kier alpha value is -0.960. The third-order valence-electron chi connectivity index (χ3n) is 5.57. The second kappa shape index (κ2) is 9.24. The molecule has 3 N–H and O–H groups in total. The van der Waals surface area contributed by atoms with Crippen molar-refractivity contribution in [3.8, 4) is 0 Å². The molecule has 0 aromatic heterocycles. The Balaban J connectivity index is 0.00000441. The van der Waals surface area contributed by atoms with Crippen LogP contribution in [0.4, 0.5) is 0 Å². The minimum absolute atomic E-state index is 0. The van der Waals surface area contributed by atoms with Gasteiger partial charge >= 0.3 is 0 Å². The zero-order chi connectivity index (χ0) is 15.9. The summed E-state index contributed by atoms with van der Waals surface area (Å²) < 4.78 is 0. The molecule has 128 valence electrons. The van der Waals surface area contributed by atoms with Crippen LogP contribution < -0.4 is 6.15 Å². The van der Waals surface area contributed by atoms with E-state index in [9.17, 15) is 9.59 Å². The number of hydrogen-bond donors (Lipinski definition) is 1. The maximum Gasteiger partial charge on any atom is 0.138 e. The number of carbonyl (C=O) groups is 2. The van der Waals surface area contributed by atoms with Crippen LogP contribution in [0.25, 0.3) is 0 Å². The fourth-order valence-electron chi connectivity index (χ4n) is 3.14. The van der Waals surface area contributed by atoms with E-state index < -0.39 is 0 Å². The molecule has 0 radical (unpaired) electrons. The lowest BCUT2D eigenvalue weighted by Gasteiger charge is -2.30. The van der Waals surface area contributed by atoms with Gasteiger partial charge in [-0.3, -0.25) is 9.59 Å². The molecule has 2 atom stereocenters. The monoisotopic (exact) mass is 309 g/mol. The fourth-order valence-corrected chi connectivity index (χ4v) is 3.14. The Morgan fingerprint density at radius 3 is 2.14 bits per heavy atom. The normalized spacial score (nSPS) is 32.8. The lowest BCUT2D eigenvalue weighted by molar-refractivity contribution is -0.131. The molecule has 1 aliphatic carbocycles. The zero-order valence-electron chi connectivity index (χ0n) is 15.0. The third-order valence-corrected chi connectivity index (χ3v) is 5.57. The summed E-state index contributed by atoms with van der Waals surface area (Å²) in [7, 11) is 0. The number of allylic oxidation sites excluding steroid dienone is 2. The molecule has 0 saturated carbocycles. The van der Waals surface area contributed by atoms with Crippen LogP contribution >= 0.6 is 0 Å². The predicted octanol–water partition coefficient (Wildman–Crippen LogP) is 5.42. The summed E-state index contributed by atoms with van der Waals surface area (Å²) in [5.74, 6) is 0.577. The van der Waals surface area contributed by atoms with Gasteiger partial charge in [0.1, 0.15) is 11.6 Å². The molecule has 0 aliphatic heterocycles. The highest BCUT2D eigenvalue weighted by atomic mass is 16.1. The summed E-state index contributed by atoms with van der Waals surface area (Å²) in [5.41, 5.74) is -0.536. The molecule has 0 bridgehead atoms. The van der Waals surface area contributed by atoms with E-state index in [1.54, 1.807) is 6.92 Å². The van der Waals surface area contributed by atoms with Gasteiger partial charge in [-0.15, -0.1) is 0 Å². The van der Waals surface area contributed by atoms with E-state index in [4.69, 9.17) is 0 Å². The zero-order valence-corrected chi connectivity index (χ0v) is 15.0. The summed E-state index contributed by atoms with van der Waals surface area (Å²) in [6, 6.07) is 0. The number of hydrogen-bond acceptors (Lipinski definition) is 3. The highest BCUT2D eigenvalue weighted by Crippen LogP contribution is 2.36. The van der Waals surface area contributed by atoms with Gasteiger partial charge in [-0.25, -0.2) is 0 Å². The number of carbonyl (C=O) groups excluding carboxylic acids is 2. The average Bonchev–Trinajstić information content (AvgIpc) is 2.47. The van der Waals surface area contributed by atoms with Gasteiger partial charge < -0.3 is 6.15 Å². The summed E-state index contributed by atoms with van der Waals surface area (Å²) in [4.78, 5) is 24.7. The van der Waals surface area contributed by atoms with Gasteiger partial charge in [0.2, 0.25) is 0 Å². The van der Waals surface area contributed by atoms with Gasteiger partial charge in [-0.05, 0) is 58.3 Å². The number of rotatable bonds is 2. The first-order chi connectivity index (χ1) is 9.84. The van der Waals surface area contributed by atoms with Crippen LogP contribution in [0.15, 0.2) is 12.2 Å². The van der Waals surface area contributed by atoms with E-state index in [2.05, 4.69) is 26.0 Å². The first-order valence-corrected chi connectivity index (χ1v) is 8.53. The van der Waals surface area contributed by atoms with E-state index in [1.165, 1.54) is 0 Å². The molecule has 22 heavy (non-hydrogen) atoms. The molecule has 0 spiro atoms. The maximum absolute atomic E-state index is 12.7.